The molecule has 1 atom stereocenters. The number of nitrogens with zero attached hydrogens (tertiary/aromatic N) is 1. The zero-order chi connectivity index (χ0) is 12.8. The van der Waals surface area contributed by atoms with E-state index < -0.39 is 0 Å². The third-order valence-electron chi connectivity index (χ3n) is 3.50. The van der Waals surface area contributed by atoms with E-state index in [1.54, 1.807) is 0 Å². The number of hydrogen-bond donors (Lipinski definition) is 2. The van der Waals surface area contributed by atoms with Gasteiger partial charge in [0.15, 0.2) is 5.96 Å². The van der Waals surface area contributed by atoms with Crippen molar-refractivity contribution in [1.29, 1.82) is 0 Å². The Morgan fingerprint density at radius 1 is 1.61 bits per heavy atom. The van der Waals surface area contributed by atoms with Crippen LogP contribution in [0.5, 0.6) is 0 Å². The molecule has 1 saturated carbocycles. The second-order valence-corrected chi connectivity index (χ2v) is 6.32. The van der Waals surface area contributed by atoms with Crippen molar-refractivity contribution in [3.8, 4) is 0 Å². The van der Waals surface area contributed by atoms with Crippen LogP contribution in [0.15, 0.2) is 22.5 Å². The molecule has 1 fully saturated rings. The van der Waals surface area contributed by atoms with Gasteiger partial charge in [0.2, 0.25) is 0 Å². The van der Waals surface area contributed by atoms with Crippen LogP contribution >= 0.6 is 11.3 Å². The Labute approximate surface area is 114 Å². The predicted molar refractivity (Wildman–Crippen MR) is 79.0 cm³/mol. The van der Waals surface area contributed by atoms with Crippen molar-refractivity contribution in [1.82, 2.24) is 5.32 Å². The van der Waals surface area contributed by atoms with Gasteiger partial charge in [0.05, 0.1) is 0 Å². The standard InChI is InChI=1S/C14H23N3S/c1-11(8-13-6-3-7-18-13)9-16-14(15)17-10-12-4-2-5-12/h3,6-7,11-12H,2,4-5,8-10H2,1H3,(H3,15,16,17). The highest BCUT2D eigenvalue weighted by Crippen LogP contribution is 2.24. The molecule has 0 aromatic carbocycles. The smallest absolute Gasteiger partial charge is 0.188 e. The molecule has 0 saturated heterocycles. The topological polar surface area (TPSA) is 50.4 Å². The first-order chi connectivity index (χ1) is 8.74. The van der Waals surface area contributed by atoms with Crippen molar-refractivity contribution in [3.05, 3.63) is 22.4 Å². The maximum absolute atomic E-state index is 5.86. The lowest BCUT2D eigenvalue weighted by Crippen LogP contribution is -2.37. The fourth-order valence-electron chi connectivity index (χ4n) is 2.09. The van der Waals surface area contributed by atoms with Crippen LogP contribution in [-0.2, 0) is 6.42 Å². The Kier molecular flexibility index (Phi) is 5.05. The fraction of sp³-hybridized carbons (Fsp3) is 0.643. The molecule has 1 aromatic heterocycles. The number of thiophene rings is 1. The third kappa shape index (κ3) is 4.33. The van der Waals surface area contributed by atoms with Crippen molar-refractivity contribution < 1.29 is 0 Å². The van der Waals surface area contributed by atoms with Crippen LogP contribution < -0.4 is 11.1 Å². The van der Waals surface area contributed by atoms with Gasteiger partial charge in [0.25, 0.3) is 0 Å². The summed E-state index contributed by atoms with van der Waals surface area (Å²) in [5.41, 5.74) is 5.86. The quantitative estimate of drug-likeness (QED) is 0.613. The molecule has 1 aliphatic carbocycles. The summed E-state index contributed by atoms with van der Waals surface area (Å²) in [5.74, 6) is 1.98. The molecular weight excluding hydrogens is 242 g/mol. The SMILES string of the molecule is CC(CN=C(N)NCC1CCC1)Cc1cccs1. The average molecular weight is 265 g/mol. The molecule has 0 amide bonds. The normalized spacial score (nSPS) is 18.4. The molecule has 1 unspecified atom stereocenters. The lowest BCUT2D eigenvalue weighted by molar-refractivity contribution is 0.315. The maximum Gasteiger partial charge on any atom is 0.188 e. The van der Waals surface area contributed by atoms with Crippen LogP contribution in [0.25, 0.3) is 0 Å². The van der Waals surface area contributed by atoms with Gasteiger partial charge in [-0.3, -0.25) is 4.99 Å². The zero-order valence-corrected chi connectivity index (χ0v) is 11.9. The third-order valence-corrected chi connectivity index (χ3v) is 4.40. The number of nitrogens with one attached hydrogen (secondary N) is 1. The minimum Gasteiger partial charge on any atom is -0.370 e. The number of guanidine groups is 1. The van der Waals surface area contributed by atoms with Gasteiger partial charge < -0.3 is 11.1 Å². The molecule has 0 spiro atoms. The van der Waals surface area contributed by atoms with E-state index in [1.165, 1.54) is 24.1 Å². The largest absolute Gasteiger partial charge is 0.370 e. The Balaban J connectivity index is 1.64. The Morgan fingerprint density at radius 3 is 3.06 bits per heavy atom. The van der Waals surface area contributed by atoms with Crippen molar-refractivity contribution in [3.63, 3.8) is 0 Å². The average Bonchev–Trinajstić information content (AvgIpc) is 2.77. The van der Waals surface area contributed by atoms with Crippen LogP contribution in [-0.4, -0.2) is 19.0 Å². The van der Waals surface area contributed by atoms with Gasteiger partial charge in [-0.05, 0) is 42.5 Å². The Morgan fingerprint density at radius 2 is 2.44 bits per heavy atom. The molecule has 1 aromatic rings. The minimum absolute atomic E-state index is 0.549. The van der Waals surface area contributed by atoms with E-state index in [-0.39, 0.29) is 0 Å². The number of hydrogen-bond acceptors (Lipinski definition) is 2. The molecular formula is C14H23N3S. The molecule has 1 aliphatic rings. The predicted octanol–water partition coefficient (Wildman–Crippen LogP) is 2.63. The second-order valence-electron chi connectivity index (χ2n) is 5.29. The van der Waals surface area contributed by atoms with Crippen LogP contribution in [0.1, 0.15) is 31.1 Å². The van der Waals surface area contributed by atoms with Gasteiger partial charge in [-0.15, -0.1) is 11.3 Å². The molecule has 100 valence electrons. The van der Waals surface area contributed by atoms with Crippen LogP contribution in [0.2, 0.25) is 0 Å². The first kappa shape index (κ1) is 13.4. The Hall–Kier alpha value is -1.03. The van der Waals surface area contributed by atoms with E-state index in [0.29, 0.717) is 11.9 Å². The summed E-state index contributed by atoms with van der Waals surface area (Å²) in [7, 11) is 0. The van der Waals surface area contributed by atoms with E-state index in [1.807, 2.05) is 11.3 Å². The van der Waals surface area contributed by atoms with Crippen molar-refractivity contribution in [2.24, 2.45) is 22.6 Å². The highest BCUT2D eigenvalue weighted by atomic mass is 32.1. The number of aliphatic imine (C=N–C) groups is 1. The molecule has 3 nitrogen and oxygen atoms in total. The molecule has 1 heterocycles. The van der Waals surface area contributed by atoms with Crippen LogP contribution in [0.4, 0.5) is 0 Å². The summed E-state index contributed by atoms with van der Waals surface area (Å²) in [6, 6.07) is 4.29. The van der Waals surface area contributed by atoms with Crippen molar-refractivity contribution >= 4 is 17.3 Å². The van der Waals surface area contributed by atoms with Gasteiger partial charge in [0.1, 0.15) is 0 Å². The van der Waals surface area contributed by atoms with Crippen LogP contribution in [0.3, 0.4) is 0 Å². The molecule has 0 bridgehead atoms. The first-order valence-corrected chi connectivity index (χ1v) is 7.68. The summed E-state index contributed by atoms with van der Waals surface area (Å²) in [4.78, 5) is 5.85. The highest BCUT2D eigenvalue weighted by Gasteiger charge is 2.16. The molecule has 4 heteroatoms. The summed E-state index contributed by atoms with van der Waals surface area (Å²) < 4.78 is 0. The summed E-state index contributed by atoms with van der Waals surface area (Å²) in [6.45, 7) is 4.03. The first-order valence-electron chi connectivity index (χ1n) is 6.80. The molecule has 3 N–H and O–H groups in total. The molecule has 0 aliphatic heterocycles. The lowest BCUT2D eigenvalue weighted by atomic mass is 9.85. The number of nitrogens with two attached hydrogens (primary N) is 1. The summed E-state index contributed by atoms with van der Waals surface area (Å²) in [5, 5.41) is 5.35. The lowest BCUT2D eigenvalue weighted by Gasteiger charge is -2.25. The zero-order valence-electron chi connectivity index (χ0n) is 11.1. The number of rotatable bonds is 6. The fourth-order valence-corrected chi connectivity index (χ4v) is 2.96. The van der Waals surface area contributed by atoms with Gasteiger partial charge in [-0.2, -0.15) is 0 Å². The molecule has 18 heavy (non-hydrogen) atoms. The van der Waals surface area contributed by atoms with E-state index in [9.17, 15) is 0 Å². The summed E-state index contributed by atoms with van der Waals surface area (Å²) >= 11 is 1.81. The van der Waals surface area contributed by atoms with Crippen molar-refractivity contribution in [2.45, 2.75) is 32.6 Å². The van der Waals surface area contributed by atoms with Gasteiger partial charge in [-0.1, -0.05) is 19.4 Å². The molecule has 0 radical (unpaired) electrons. The van der Waals surface area contributed by atoms with E-state index >= 15 is 0 Å². The second kappa shape index (κ2) is 6.78. The van der Waals surface area contributed by atoms with Gasteiger partial charge >= 0.3 is 0 Å². The van der Waals surface area contributed by atoms with E-state index in [4.69, 9.17) is 5.73 Å². The summed E-state index contributed by atoms with van der Waals surface area (Å²) in [6.07, 6.45) is 5.16. The van der Waals surface area contributed by atoms with E-state index in [0.717, 1.165) is 25.4 Å². The highest BCUT2D eigenvalue weighted by molar-refractivity contribution is 7.09. The van der Waals surface area contributed by atoms with Crippen LogP contribution in [0, 0.1) is 11.8 Å². The van der Waals surface area contributed by atoms with E-state index in [2.05, 4.69) is 34.7 Å². The Bertz CT molecular complexity index is 368. The minimum atomic E-state index is 0.549. The maximum atomic E-state index is 5.86. The van der Waals surface area contributed by atoms with Gasteiger partial charge in [0, 0.05) is 18.0 Å². The van der Waals surface area contributed by atoms with Crippen molar-refractivity contribution in [2.75, 3.05) is 13.1 Å². The van der Waals surface area contributed by atoms with Gasteiger partial charge in [-0.25, -0.2) is 0 Å². The monoisotopic (exact) mass is 265 g/mol. The molecule has 2 rings (SSSR count).